The maximum absolute atomic E-state index is 12.4. The highest BCUT2D eigenvalue weighted by Gasteiger charge is 2.39. The molecule has 0 aliphatic carbocycles. The van der Waals surface area contributed by atoms with Crippen molar-refractivity contribution >= 4 is 17.7 Å². The normalized spacial score (nSPS) is 21.0. The van der Waals surface area contributed by atoms with Gasteiger partial charge in [-0.1, -0.05) is 6.92 Å². The van der Waals surface area contributed by atoms with Crippen LogP contribution in [0, 0.1) is 5.92 Å². The van der Waals surface area contributed by atoms with Crippen LogP contribution in [0.2, 0.25) is 0 Å². The molecule has 1 aliphatic heterocycles. The summed E-state index contributed by atoms with van der Waals surface area (Å²) in [6.07, 6.45) is 5.05. The second-order valence-electron chi connectivity index (χ2n) is 4.80. The predicted octanol–water partition coefficient (Wildman–Crippen LogP) is 0.820. The molecule has 8 heteroatoms. The molecule has 114 valence electrons. The van der Waals surface area contributed by atoms with Gasteiger partial charge in [0.25, 0.3) is 0 Å². The molecule has 1 aromatic heterocycles. The third kappa shape index (κ3) is 3.66. The number of hydrogen-bond acceptors (Lipinski definition) is 5. The lowest BCUT2D eigenvalue weighted by Gasteiger charge is -2.30. The van der Waals surface area contributed by atoms with E-state index in [2.05, 4.69) is 15.3 Å². The smallest absolute Gasteiger partial charge is 0.322 e. The van der Waals surface area contributed by atoms with Crippen molar-refractivity contribution in [2.24, 2.45) is 5.92 Å². The van der Waals surface area contributed by atoms with E-state index in [1.807, 2.05) is 6.92 Å². The molecule has 2 atom stereocenters. The van der Waals surface area contributed by atoms with Crippen molar-refractivity contribution in [3.8, 4) is 0 Å². The summed E-state index contributed by atoms with van der Waals surface area (Å²) in [6, 6.07) is -0.833. The Morgan fingerprint density at radius 1 is 1.43 bits per heavy atom. The summed E-state index contributed by atoms with van der Waals surface area (Å²) in [7, 11) is 0. The standard InChI is InChI=1S/C13H18N4O4/c1-2-3-17(11-7-21-6-10(11)12(18)19)13(20)16-9-4-14-8-15-5-9/h4-5,8,10-11H,2-3,6-7H2,1H3,(H,16,20)(H,18,19). The number of urea groups is 1. The molecule has 8 nitrogen and oxygen atoms in total. The van der Waals surface area contributed by atoms with E-state index in [-0.39, 0.29) is 19.2 Å². The van der Waals surface area contributed by atoms with E-state index in [1.165, 1.54) is 23.6 Å². The fourth-order valence-electron chi connectivity index (χ4n) is 2.30. The van der Waals surface area contributed by atoms with Crippen molar-refractivity contribution in [2.45, 2.75) is 19.4 Å². The molecule has 2 amide bonds. The fraction of sp³-hybridized carbons (Fsp3) is 0.538. The molecule has 2 rings (SSSR count). The van der Waals surface area contributed by atoms with E-state index in [4.69, 9.17) is 4.74 Å². The number of amides is 2. The van der Waals surface area contributed by atoms with Gasteiger partial charge in [-0.05, 0) is 6.42 Å². The fourth-order valence-corrected chi connectivity index (χ4v) is 2.30. The van der Waals surface area contributed by atoms with Crippen LogP contribution < -0.4 is 5.32 Å². The lowest BCUT2D eigenvalue weighted by Crippen LogP contribution is -2.48. The first-order valence-electron chi connectivity index (χ1n) is 6.76. The van der Waals surface area contributed by atoms with Gasteiger partial charge in [-0.2, -0.15) is 0 Å². The second-order valence-corrected chi connectivity index (χ2v) is 4.80. The molecule has 0 spiro atoms. The van der Waals surface area contributed by atoms with Gasteiger partial charge in [0.05, 0.1) is 37.3 Å². The van der Waals surface area contributed by atoms with Crippen LogP contribution in [0.3, 0.4) is 0 Å². The Bertz CT molecular complexity index is 496. The van der Waals surface area contributed by atoms with Gasteiger partial charge in [-0.3, -0.25) is 4.79 Å². The molecule has 2 unspecified atom stereocenters. The third-order valence-corrected chi connectivity index (χ3v) is 3.31. The molecule has 21 heavy (non-hydrogen) atoms. The van der Waals surface area contributed by atoms with Crippen LogP contribution in [0.15, 0.2) is 18.7 Å². The molecule has 1 saturated heterocycles. The summed E-state index contributed by atoms with van der Waals surface area (Å²) < 4.78 is 5.23. The Morgan fingerprint density at radius 3 is 2.76 bits per heavy atom. The number of carboxylic acids is 1. The SMILES string of the molecule is CCCN(C(=O)Nc1cncnc1)C1COCC1C(=O)O. The molecule has 0 aromatic carbocycles. The number of anilines is 1. The van der Waals surface area contributed by atoms with Gasteiger partial charge >= 0.3 is 12.0 Å². The Labute approximate surface area is 122 Å². The highest BCUT2D eigenvalue weighted by atomic mass is 16.5. The lowest BCUT2D eigenvalue weighted by molar-refractivity contribution is -0.142. The summed E-state index contributed by atoms with van der Waals surface area (Å²) in [6.45, 7) is 2.74. The first-order valence-corrected chi connectivity index (χ1v) is 6.76. The number of nitrogens with zero attached hydrogens (tertiary/aromatic N) is 3. The number of ether oxygens (including phenoxy) is 1. The van der Waals surface area contributed by atoms with Crippen LogP contribution in [0.1, 0.15) is 13.3 Å². The molecule has 1 aliphatic rings. The zero-order valence-corrected chi connectivity index (χ0v) is 11.7. The first-order chi connectivity index (χ1) is 10.1. The van der Waals surface area contributed by atoms with Gasteiger partial charge in [-0.15, -0.1) is 0 Å². The van der Waals surface area contributed by atoms with Crippen molar-refractivity contribution < 1.29 is 19.4 Å². The highest BCUT2D eigenvalue weighted by molar-refractivity contribution is 5.89. The van der Waals surface area contributed by atoms with Crippen molar-refractivity contribution in [3.05, 3.63) is 18.7 Å². The van der Waals surface area contributed by atoms with E-state index in [1.54, 1.807) is 0 Å². The number of rotatable bonds is 5. The van der Waals surface area contributed by atoms with Crippen molar-refractivity contribution in [3.63, 3.8) is 0 Å². The van der Waals surface area contributed by atoms with Gasteiger partial charge in [0.15, 0.2) is 0 Å². The van der Waals surface area contributed by atoms with Crippen LogP contribution in [-0.2, 0) is 9.53 Å². The van der Waals surface area contributed by atoms with Gasteiger partial charge in [0.2, 0.25) is 0 Å². The van der Waals surface area contributed by atoms with Crippen LogP contribution in [-0.4, -0.2) is 57.8 Å². The van der Waals surface area contributed by atoms with Gasteiger partial charge in [-0.25, -0.2) is 14.8 Å². The van der Waals surface area contributed by atoms with Crippen LogP contribution in [0.4, 0.5) is 10.5 Å². The molecule has 2 N–H and O–H groups in total. The van der Waals surface area contributed by atoms with Gasteiger partial charge < -0.3 is 20.1 Å². The number of carboxylic acid groups (broad SMARTS) is 1. The Hall–Kier alpha value is -2.22. The number of nitrogens with one attached hydrogen (secondary N) is 1. The average molecular weight is 294 g/mol. The molecule has 0 bridgehead atoms. The van der Waals surface area contributed by atoms with Crippen molar-refractivity contribution in [2.75, 3.05) is 25.1 Å². The maximum atomic E-state index is 12.4. The van der Waals surface area contributed by atoms with Crippen LogP contribution in [0.25, 0.3) is 0 Å². The molecule has 0 saturated carbocycles. The summed E-state index contributed by atoms with van der Waals surface area (Å²) in [4.78, 5) is 32.8. The van der Waals surface area contributed by atoms with Crippen molar-refractivity contribution in [1.29, 1.82) is 0 Å². The monoisotopic (exact) mass is 294 g/mol. The highest BCUT2D eigenvalue weighted by Crippen LogP contribution is 2.21. The summed E-state index contributed by atoms with van der Waals surface area (Å²) in [5, 5.41) is 11.9. The molecular formula is C13H18N4O4. The van der Waals surface area contributed by atoms with E-state index in [0.717, 1.165) is 6.42 Å². The topological polar surface area (TPSA) is 105 Å². The van der Waals surface area contributed by atoms with Crippen molar-refractivity contribution in [1.82, 2.24) is 14.9 Å². The van der Waals surface area contributed by atoms with E-state index < -0.39 is 17.9 Å². The second kappa shape index (κ2) is 6.98. The Kier molecular flexibility index (Phi) is 5.04. The van der Waals surface area contributed by atoms with Gasteiger partial charge in [0, 0.05) is 6.54 Å². The van der Waals surface area contributed by atoms with E-state index >= 15 is 0 Å². The molecule has 1 aromatic rings. The maximum Gasteiger partial charge on any atom is 0.322 e. The zero-order chi connectivity index (χ0) is 15.2. The van der Waals surface area contributed by atoms with E-state index in [0.29, 0.717) is 12.2 Å². The average Bonchev–Trinajstić information content (AvgIpc) is 2.95. The minimum absolute atomic E-state index is 0.127. The molecule has 1 fully saturated rings. The minimum atomic E-state index is -0.950. The minimum Gasteiger partial charge on any atom is -0.481 e. The molecule has 2 heterocycles. The lowest BCUT2D eigenvalue weighted by atomic mass is 10.0. The summed E-state index contributed by atoms with van der Waals surface area (Å²) >= 11 is 0. The first kappa shape index (κ1) is 15.2. The van der Waals surface area contributed by atoms with Gasteiger partial charge in [0.1, 0.15) is 12.2 Å². The summed E-state index contributed by atoms with van der Waals surface area (Å²) in [5.74, 6) is -1.65. The number of aliphatic carboxylic acids is 1. The summed E-state index contributed by atoms with van der Waals surface area (Å²) in [5.41, 5.74) is 0.467. The van der Waals surface area contributed by atoms with Crippen LogP contribution >= 0.6 is 0 Å². The zero-order valence-electron chi connectivity index (χ0n) is 11.7. The Morgan fingerprint density at radius 2 is 2.14 bits per heavy atom. The van der Waals surface area contributed by atoms with Crippen LogP contribution in [0.5, 0.6) is 0 Å². The third-order valence-electron chi connectivity index (χ3n) is 3.31. The number of aromatic nitrogens is 2. The largest absolute Gasteiger partial charge is 0.481 e. The predicted molar refractivity (Wildman–Crippen MR) is 73.8 cm³/mol. The molecule has 0 radical (unpaired) electrons. The number of hydrogen-bond donors (Lipinski definition) is 2. The number of carbonyl (C=O) groups excluding carboxylic acids is 1. The number of carbonyl (C=O) groups is 2. The molecular weight excluding hydrogens is 276 g/mol. The quantitative estimate of drug-likeness (QED) is 0.833. The van der Waals surface area contributed by atoms with E-state index in [9.17, 15) is 14.7 Å². The Balaban J connectivity index is 2.10.